The van der Waals surface area contributed by atoms with Gasteiger partial charge in [0.15, 0.2) is 0 Å². The molecule has 1 unspecified atom stereocenters. The minimum absolute atomic E-state index is 0.521. The van der Waals surface area contributed by atoms with Crippen molar-refractivity contribution < 1.29 is 4.74 Å². The van der Waals surface area contributed by atoms with Crippen LogP contribution in [0, 0.1) is 12.3 Å². The van der Waals surface area contributed by atoms with Crippen LogP contribution in [0.5, 0.6) is 0 Å². The van der Waals surface area contributed by atoms with Gasteiger partial charge in [0.25, 0.3) is 0 Å². The lowest BCUT2D eigenvalue weighted by molar-refractivity contribution is 0.133. The minimum Gasteiger partial charge on any atom is -0.380 e. The van der Waals surface area contributed by atoms with Crippen LogP contribution in [-0.4, -0.2) is 36.7 Å². The topological polar surface area (TPSA) is 12.5 Å². The van der Waals surface area contributed by atoms with Crippen LogP contribution in [0.1, 0.15) is 20.3 Å². The molecule has 0 radical (unpaired) electrons. The summed E-state index contributed by atoms with van der Waals surface area (Å²) in [4.78, 5) is 2.33. The van der Waals surface area contributed by atoms with Gasteiger partial charge in [-0.15, -0.1) is 6.42 Å². The van der Waals surface area contributed by atoms with Crippen LogP contribution >= 0.6 is 0 Å². The van der Waals surface area contributed by atoms with E-state index in [9.17, 15) is 0 Å². The molecular formula is C10H17NO. The summed E-state index contributed by atoms with van der Waals surface area (Å²) in [7, 11) is 0. The lowest BCUT2D eigenvalue weighted by Gasteiger charge is -2.29. The average molecular weight is 167 g/mol. The zero-order valence-corrected chi connectivity index (χ0v) is 7.92. The highest BCUT2D eigenvalue weighted by Crippen LogP contribution is 2.14. The fourth-order valence-electron chi connectivity index (χ4n) is 1.62. The SMILES string of the molecule is C#CCN(C(C)C)C1CCOC1. The second kappa shape index (κ2) is 4.49. The van der Waals surface area contributed by atoms with Crippen LogP contribution in [0.25, 0.3) is 0 Å². The van der Waals surface area contributed by atoms with Gasteiger partial charge in [0, 0.05) is 18.7 Å². The Balaban J connectivity index is 2.47. The quantitative estimate of drug-likeness (QED) is 0.584. The number of nitrogens with zero attached hydrogens (tertiary/aromatic N) is 1. The van der Waals surface area contributed by atoms with Gasteiger partial charge in [-0.05, 0) is 20.3 Å². The van der Waals surface area contributed by atoms with E-state index in [2.05, 4.69) is 24.7 Å². The van der Waals surface area contributed by atoms with Crippen LogP contribution in [0.4, 0.5) is 0 Å². The molecule has 12 heavy (non-hydrogen) atoms. The van der Waals surface area contributed by atoms with E-state index in [1.165, 1.54) is 0 Å². The van der Waals surface area contributed by atoms with E-state index < -0.39 is 0 Å². The number of ether oxygens (including phenoxy) is 1. The molecule has 0 saturated carbocycles. The molecule has 0 N–H and O–H groups in total. The van der Waals surface area contributed by atoms with E-state index in [1.54, 1.807) is 0 Å². The van der Waals surface area contributed by atoms with Gasteiger partial charge in [-0.1, -0.05) is 5.92 Å². The molecule has 1 saturated heterocycles. The number of rotatable bonds is 3. The number of hydrogen-bond acceptors (Lipinski definition) is 2. The molecule has 2 nitrogen and oxygen atoms in total. The molecule has 2 heteroatoms. The zero-order valence-electron chi connectivity index (χ0n) is 7.92. The van der Waals surface area contributed by atoms with Gasteiger partial charge in [0.05, 0.1) is 13.2 Å². The second-order valence-electron chi connectivity index (χ2n) is 3.49. The third kappa shape index (κ3) is 2.23. The highest BCUT2D eigenvalue weighted by atomic mass is 16.5. The van der Waals surface area contributed by atoms with Crippen LogP contribution < -0.4 is 0 Å². The monoisotopic (exact) mass is 167 g/mol. The van der Waals surface area contributed by atoms with E-state index in [1.807, 2.05) is 0 Å². The van der Waals surface area contributed by atoms with Crippen molar-refractivity contribution in [3.63, 3.8) is 0 Å². The van der Waals surface area contributed by atoms with Gasteiger partial charge in [0.2, 0.25) is 0 Å². The van der Waals surface area contributed by atoms with Crippen LogP contribution in [0.15, 0.2) is 0 Å². The van der Waals surface area contributed by atoms with Crippen molar-refractivity contribution in [3.05, 3.63) is 0 Å². The molecule has 1 rings (SSSR count). The molecule has 0 aromatic carbocycles. The second-order valence-corrected chi connectivity index (χ2v) is 3.49. The molecular weight excluding hydrogens is 150 g/mol. The highest BCUT2D eigenvalue weighted by Gasteiger charge is 2.24. The first-order chi connectivity index (χ1) is 5.75. The normalized spacial score (nSPS) is 23.4. The number of terminal acetylenes is 1. The Morgan fingerprint density at radius 2 is 2.42 bits per heavy atom. The van der Waals surface area contributed by atoms with E-state index in [-0.39, 0.29) is 0 Å². The third-order valence-electron chi connectivity index (χ3n) is 2.31. The van der Waals surface area contributed by atoms with Gasteiger partial charge in [-0.2, -0.15) is 0 Å². The van der Waals surface area contributed by atoms with Crippen molar-refractivity contribution in [2.24, 2.45) is 0 Å². The lowest BCUT2D eigenvalue weighted by Crippen LogP contribution is -2.41. The van der Waals surface area contributed by atoms with Crippen LogP contribution in [0.3, 0.4) is 0 Å². The van der Waals surface area contributed by atoms with Crippen molar-refractivity contribution in [1.82, 2.24) is 4.90 Å². The average Bonchev–Trinajstić information content (AvgIpc) is 2.51. The van der Waals surface area contributed by atoms with Gasteiger partial charge in [-0.3, -0.25) is 4.90 Å². The standard InChI is InChI=1S/C10H17NO/c1-4-6-11(9(2)3)10-5-7-12-8-10/h1,9-10H,5-8H2,2-3H3. The molecule has 0 aromatic heterocycles. The van der Waals surface area contributed by atoms with Gasteiger partial charge >= 0.3 is 0 Å². The van der Waals surface area contributed by atoms with Crippen LogP contribution in [0.2, 0.25) is 0 Å². The molecule has 1 fully saturated rings. The van der Waals surface area contributed by atoms with Crippen LogP contribution in [-0.2, 0) is 4.74 Å². The Morgan fingerprint density at radius 3 is 2.83 bits per heavy atom. The Kier molecular flexibility index (Phi) is 3.58. The van der Waals surface area contributed by atoms with E-state index in [4.69, 9.17) is 11.2 Å². The van der Waals surface area contributed by atoms with E-state index >= 15 is 0 Å². The lowest BCUT2D eigenvalue weighted by atomic mass is 10.2. The molecule has 0 amide bonds. The van der Waals surface area contributed by atoms with E-state index in [0.717, 1.165) is 26.2 Å². The third-order valence-corrected chi connectivity index (χ3v) is 2.31. The summed E-state index contributed by atoms with van der Waals surface area (Å²) in [5.41, 5.74) is 0. The van der Waals surface area contributed by atoms with Crippen molar-refractivity contribution in [1.29, 1.82) is 0 Å². The smallest absolute Gasteiger partial charge is 0.0623 e. The Labute approximate surface area is 74.9 Å². The fourth-order valence-corrected chi connectivity index (χ4v) is 1.62. The van der Waals surface area contributed by atoms with Crippen molar-refractivity contribution in [2.75, 3.05) is 19.8 Å². The first kappa shape index (κ1) is 9.57. The Bertz CT molecular complexity index is 165. The minimum atomic E-state index is 0.521. The maximum absolute atomic E-state index is 5.32. The summed E-state index contributed by atoms with van der Waals surface area (Å²) in [6.45, 7) is 6.83. The zero-order chi connectivity index (χ0) is 8.97. The summed E-state index contributed by atoms with van der Waals surface area (Å²) in [6, 6.07) is 1.06. The molecule has 1 aliphatic heterocycles. The predicted octanol–water partition coefficient (Wildman–Crippen LogP) is 1.12. The summed E-state index contributed by atoms with van der Waals surface area (Å²) < 4.78 is 5.32. The molecule has 0 bridgehead atoms. The fraction of sp³-hybridized carbons (Fsp3) is 0.800. The van der Waals surface area contributed by atoms with Gasteiger partial charge in [0.1, 0.15) is 0 Å². The first-order valence-corrected chi connectivity index (χ1v) is 4.52. The molecule has 0 spiro atoms. The maximum Gasteiger partial charge on any atom is 0.0623 e. The summed E-state index contributed by atoms with van der Waals surface area (Å²) in [6.07, 6.45) is 6.43. The largest absolute Gasteiger partial charge is 0.380 e. The van der Waals surface area contributed by atoms with E-state index in [0.29, 0.717) is 12.1 Å². The molecule has 1 aliphatic rings. The first-order valence-electron chi connectivity index (χ1n) is 4.52. The molecule has 68 valence electrons. The maximum atomic E-state index is 5.32. The Hall–Kier alpha value is -0.520. The van der Waals surface area contributed by atoms with Crippen molar-refractivity contribution >= 4 is 0 Å². The molecule has 0 aromatic rings. The Morgan fingerprint density at radius 1 is 1.67 bits per heavy atom. The molecule has 1 heterocycles. The van der Waals surface area contributed by atoms with Gasteiger partial charge in [-0.25, -0.2) is 0 Å². The van der Waals surface area contributed by atoms with Gasteiger partial charge < -0.3 is 4.74 Å². The van der Waals surface area contributed by atoms with Crippen molar-refractivity contribution in [3.8, 4) is 12.3 Å². The van der Waals surface area contributed by atoms with Crippen molar-refractivity contribution in [2.45, 2.75) is 32.4 Å². The molecule has 0 aliphatic carbocycles. The summed E-state index contributed by atoms with van der Waals surface area (Å²) in [5.74, 6) is 2.70. The summed E-state index contributed by atoms with van der Waals surface area (Å²) >= 11 is 0. The molecule has 1 atom stereocenters. The summed E-state index contributed by atoms with van der Waals surface area (Å²) in [5, 5.41) is 0. The number of hydrogen-bond donors (Lipinski definition) is 0. The predicted molar refractivity (Wildman–Crippen MR) is 49.9 cm³/mol. The highest BCUT2D eigenvalue weighted by molar-refractivity contribution is 4.92.